The Labute approximate surface area is 91.9 Å². The van der Waals surface area contributed by atoms with E-state index in [4.69, 9.17) is 15.0 Å². The van der Waals surface area contributed by atoms with Gasteiger partial charge < -0.3 is 10.2 Å². The van der Waals surface area contributed by atoms with Crippen LogP contribution < -0.4 is 5.14 Å². The van der Waals surface area contributed by atoms with Crippen molar-refractivity contribution in [2.75, 3.05) is 0 Å². The molecule has 0 aliphatic carbocycles. The van der Waals surface area contributed by atoms with Gasteiger partial charge >= 0.3 is 0 Å². The summed E-state index contributed by atoms with van der Waals surface area (Å²) in [5.41, 5.74) is -1.10. The summed E-state index contributed by atoms with van der Waals surface area (Å²) in [4.78, 5) is 3.91. The van der Waals surface area contributed by atoms with Crippen LogP contribution in [0, 0.1) is 4.78 Å². The molecule has 0 saturated carbocycles. The number of rotatable bonds is 3. The first-order valence-corrected chi connectivity index (χ1v) is 6.50. The highest BCUT2D eigenvalue weighted by atomic mass is 32.2. The van der Waals surface area contributed by atoms with Crippen LogP contribution in [0.5, 0.6) is 0 Å². The van der Waals surface area contributed by atoms with Crippen molar-refractivity contribution < 1.29 is 14.4 Å². The molecule has 5 N–H and O–H groups in total. The maximum Gasteiger partial charge on any atom is 0.143 e. The SMILES string of the molecule is CC(C)(O)c1nc(CO)c(S(=N)(N)=O)s1. The second-order valence-corrected chi connectivity index (χ2v) is 6.44. The third kappa shape index (κ3) is 2.73. The number of hydrogen-bond donors (Lipinski definition) is 4. The Morgan fingerprint density at radius 3 is 2.47 bits per heavy atom. The van der Waals surface area contributed by atoms with E-state index in [1.54, 1.807) is 0 Å². The molecule has 1 rings (SSSR count). The molecule has 0 fully saturated rings. The van der Waals surface area contributed by atoms with Gasteiger partial charge in [-0.15, -0.1) is 11.3 Å². The first-order valence-electron chi connectivity index (χ1n) is 4.06. The van der Waals surface area contributed by atoms with Gasteiger partial charge in [-0.3, -0.25) is 0 Å². The van der Waals surface area contributed by atoms with Crippen molar-refractivity contribution in [3.63, 3.8) is 0 Å². The molecule has 0 bridgehead atoms. The normalized spacial score (nSPS) is 16.3. The van der Waals surface area contributed by atoms with Crippen LogP contribution in [-0.2, 0) is 22.1 Å². The van der Waals surface area contributed by atoms with Crippen LogP contribution in [0.15, 0.2) is 4.21 Å². The van der Waals surface area contributed by atoms with Crippen molar-refractivity contribution in [1.29, 1.82) is 4.78 Å². The third-order valence-electron chi connectivity index (χ3n) is 1.61. The molecule has 15 heavy (non-hydrogen) atoms. The zero-order valence-electron chi connectivity index (χ0n) is 8.35. The lowest BCUT2D eigenvalue weighted by Gasteiger charge is -2.12. The van der Waals surface area contributed by atoms with Gasteiger partial charge in [0.25, 0.3) is 0 Å². The van der Waals surface area contributed by atoms with E-state index >= 15 is 0 Å². The van der Waals surface area contributed by atoms with Crippen LogP contribution in [0.25, 0.3) is 0 Å². The maximum atomic E-state index is 11.3. The Balaban J connectivity index is 3.37. The molecule has 8 heteroatoms. The molecule has 0 spiro atoms. The van der Waals surface area contributed by atoms with Crippen molar-refractivity contribution in [3.05, 3.63) is 10.7 Å². The number of hydrogen-bond acceptors (Lipinski definition) is 6. The highest BCUT2D eigenvalue weighted by molar-refractivity contribution is 7.92. The van der Waals surface area contributed by atoms with Crippen LogP contribution in [0.4, 0.5) is 0 Å². The summed E-state index contributed by atoms with van der Waals surface area (Å²) in [5.74, 6) is 0. The number of nitrogens with one attached hydrogen (secondary N) is 1. The van der Waals surface area contributed by atoms with Gasteiger partial charge in [0.15, 0.2) is 0 Å². The zero-order chi connectivity index (χ0) is 11.9. The van der Waals surface area contributed by atoms with Gasteiger partial charge in [-0.1, -0.05) is 0 Å². The predicted octanol–water partition coefficient (Wildman–Crippen LogP) is 0.142. The van der Waals surface area contributed by atoms with E-state index in [9.17, 15) is 9.32 Å². The minimum absolute atomic E-state index is 0.0159. The predicted molar refractivity (Wildman–Crippen MR) is 56.6 cm³/mol. The molecule has 0 radical (unpaired) electrons. The molecule has 1 aromatic rings. The molecule has 1 unspecified atom stereocenters. The standard InChI is InChI=1S/C7H13N3O3S2/c1-7(2,12)6-10-4(3-11)5(14-6)15(8,9)13/h11-12H,3H2,1-2H3,(H3,8,9,13). The Morgan fingerprint density at radius 2 is 2.20 bits per heavy atom. The average Bonchev–Trinajstić information content (AvgIpc) is 2.44. The van der Waals surface area contributed by atoms with Crippen molar-refractivity contribution in [1.82, 2.24) is 4.98 Å². The Bertz CT molecular complexity index is 458. The molecule has 0 amide bonds. The summed E-state index contributed by atoms with van der Waals surface area (Å²) < 4.78 is 18.6. The van der Waals surface area contributed by atoms with Crippen LogP contribution in [0.2, 0.25) is 0 Å². The number of nitrogens with zero attached hydrogens (tertiary/aromatic N) is 1. The Morgan fingerprint density at radius 1 is 1.67 bits per heavy atom. The third-order valence-corrected chi connectivity index (χ3v) is 4.59. The van der Waals surface area contributed by atoms with Crippen LogP contribution in [0.3, 0.4) is 0 Å². The highest BCUT2D eigenvalue weighted by Gasteiger charge is 2.25. The van der Waals surface area contributed by atoms with Gasteiger partial charge in [0.1, 0.15) is 24.7 Å². The molecule has 6 nitrogen and oxygen atoms in total. The number of aliphatic hydroxyl groups is 2. The quantitative estimate of drug-likeness (QED) is 0.610. The molecule has 1 atom stereocenters. The Kier molecular flexibility index (Phi) is 3.17. The van der Waals surface area contributed by atoms with Crippen LogP contribution >= 0.6 is 11.3 Å². The van der Waals surface area contributed by atoms with Crippen LogP contribution in [-0.4, -0.2) is 19.4 Å². The van der Waals surface area contributed by atoms with E-state index in [0.29, 0.717) is 0 Å². The molecule has 86 valence electrons. The average molecular weight is 251 g/mol. The molecular weight excluding hydrogens is 238 g/mol. The van der Waals surface area contributed by atoms with E-state index in [0.717, 1.165) is 11.3 Å². The molecule has 1 heterocycles. The number of aromatic nitrogens is 1. The summed E-state index contributed by atoms with van der Waals surface area (Å²) in [5, 5.41) is 24.1. The molecular formula is C7H13N3O3S2. The minimum Gasteiger partial charge on any atom is -0.390 e. The second-order valence-electron chi connectivity index (χ2n) is 3.57. The largest absolute Gasteiger partial charge is 0.390 e. The molecule has 0 saturated heterocycles. The lowest BCUT2D eigenvalue weighted by atomic mass is 10.2. The van der Waals surface area contributed by atoms with Gasteiger partial charge in [0.05, 0.1) is 12.3 Å². The fourth-order valence-corrected chi connectivity index (χ4v) is 2.94. The molecule has 0 aliphatic rings. The fourth-order valence-electron chi connectivity index (χ4n) is 0.936. The van der Waals surface area contributed by atoms with Gasteiger partial charge in [-0.25, -0.2) is 19.1 Å². The van der Waals surface area contributed by atoms with Gasteiger partial charge in [-0.2, -0.15) is 0 Å². The van der Waals surface area contributed by atoms with Crippen molar-refractivity contribution in [2.24, 2.45) is 5.14 Å². The second kappa shape index (κ2) is 3.80. The first kappa shape index (κ1) is 12.5. The number of aliphatic hydroxyl groups excluding tert-OH is 1. The van der Waals surface area contributed by atoms with Gasteiger partial charge in [-0.05, 0) is 13.8 Å². The lowest BCUT2D eigenvalue weighted by molar-refractivity contribution is 0.0779. The van der Waals surface area contributed by atoms with Crippen molar-refractivity contribution >= 4 is 21.3 Å². The first-order chi connectivity index (χ1) is 6.66. The molecule has 0 aromatic carbocycles. The summed E-state index contributed by atoms with van der Waals surface area (Å²) in [6, 6.07) is 0. The minimum atomic E-state index is -3.40. The lowest BCUT2D eigenvalue weighted by Crippen LogP contribution is -2.14. The molecule has 1 aromatic heterocycles. The van der Waals surface area contributed by atoms with Crippen LogP contribution in [0.1, 0.15) is 24.5 Å². The topological polar surface area (TPSA) is 120 Å². The number of thiazole rings is 1. The monoisotopic (exact) mass is 251 g/mol. The fraction of sp³-hybridized carbons (Fsp3) is 0.571. The van der Waals surface area contributed by atoms with Crippen molar-refractivity contribution in [2.45, 2.75) is 30.3 Å². The summed E-state index contributed by atoms with van der Waals surface area (Å²) >= 11 is 0.889. The van der Waals surface area contributed by atoms with E-state index in [1.807, 2.05) is 0 Å². The van der Waals surface area contributed by atoms with E-state index in [2.05, 4.69) is 4.98 Å². The summed E-state index contributed by atoms with van der Waals surface area (Å²) in [6.45, 7) is 2.58. The number of nitrogens with two attached hydrogens (primary N) is 1. The smallest absolute Gasteiger partial charge is 0.143 e. The highest BCUT2D eigenvalue weighted by Crippen LogP contribution is 2.30. The molecule has 0 aliphatic heterocycles. The Hall–Kier alpha value is -0.540. The van der Waals surface area contributed by atoms with Gasteiger partial charge in [0.2, 0.25) is 0 Å². The summed E-state index contributed by atoms with van der Waals surface area (Å²) in [6.07, 6.45) is 0. The zero-order valence-corrected chi connectivity index (χ0v) is 9.98. The summed E-state index contributed by atoms with van der Waals surface area (Å²) in [7, 11) is -3.40. The van der Waals surface area contributed by atoms with E-state index < -0.39 is 22.1 Å². The van der Waals surface area contributed by atoms with Gasteiger partial charge in [0, 0.05) is 0 Å². The maximum absolute atomic E-state index is 11.3. The van der Waals surface area contributed by atoms with E-state index in [1.165, 1.54) is 13.8 Å². The van der Waals surface area contributed by atoms with E-state index in [-0.39, 0.29) is 14.9 Å². The van der Waals surface area contributed by atoms with Crippen molar-refractivity contribution in [3.8, 4) is 0 Å².